The average molecular weight is 222 g/mol. The van der Waals surface area contributed by atoms with Crippen LogP contribution in [0.4, 0.5) is 8.78 Å². The van der Waals surface area contributed by atoms with Crippen molar-refractivity contribution in [3.63, 3.8) is 0 Å². The normalized spacial score (nSPS) is 29.9. The van der Waals surface area contributed by atoms with Gasteiger partial charge >= 0.3 is 0 Å². The predicted molar refractivity (Wildman–Crippen MR) is 56.1 cm³/mol. The van der Waals surface area contributed by atoms with Gasteiger partial charge in [0, 0.05) is 11.5 Å². The van der Waals surface area contributed by atoms with Crippen molar-refractivity contribution in [1.29, 1.82) is 0 Å². The van der Waals surface area contributed by atoms with Crippen molar-refractivity contribution in [1.82, 2.24) is 0 Å². The number of benzene rings is 1. The molecule has 2 fully saturated rings. The van der Waals surface area contributed by atoms with Crippen LogP contribution in [0.25, 0.3) is 0 Å². The van der Waals surface area contributed by atoms with Crippen molar-refractivity contribution in [2.45, 2.75) is 37.0 Å². The molecule has 2 atom stereocenters. The highest BCUT2D eigenvalue weighted by Crippen LogP contribution is 2.51. The first-order valence-electron chi connectivity index (χ1n) is 5.57. The first kappa shape index (κ1) is 9.94. The SMILES string of the molecule is O=Cc1ccc(C2(F)CC2)cc1C1C[C@H]1F. The molecule has 1 aromatic carbocycles. The van der Waals surface area contributed by atoms with Gasteiger partial charge in [-0.3, -0.25) is 4.79 Å². The van der Waals surface area contributed by atoms with Crippen LogP contribution in [0.1, 0.15) is 46.7 Å². The fourth-order valence-electron chi connectivity index (χ4n) is 2.17. The third kappa shape index (κ3) is 1.46. The fourth-order valence-corrected chi connectivity index (χ4v) is 2.17. The molecule has 0 radical (unpaired) electrons. The van der Waals surface area contributed by atoms with E-state index in [1.807, 2.05) is 0 Å². The van der Waals surface area contributed by atoms with Gasteiger partial charge in [0.25, 0.3) is 0 Å². The van der Waals surface area contributed by atoms with Crippen LogP contribution in [0.15, 0.2) is 18.2 Å². The van der Waals surface area contributed by atoms with Crippen molar-refractivity contribution in [3.8, 4) is 0 Å². The van der Waals surface area contributed by atoms with Crippen LogP contribution in [-0.4, -0.2) is 12.5 Å². The standard InChI is InChI=1S/C13H12F2O/c14-12-6-11(12)10-5-9(13(15)3-4-13)2-1-8(10)7-16/h1-2,5,7,11-12H,3-4,6H2/t11?,12-/m1/s1. The lowest BCUT2D eigenvalue weighted by Crippen LogP contribution is -2.01. The minimum absolute atomic E-state index is 0.192. The summed E-state index contributed by atoms with van der Waals surface area (Å²) < 4.78 is 26.9. The fraction of sp³-hybridized carbons (Fsp3) is 0.462. The maximum atomic E-state index is 13.8. The first-order chi connectivity index (χ1) is 7.64. The molecule has 1 aromatic rings. The summed E-state index contributed by atoms with van der Waals surface area (Å²) in [6.07, 6.45) is 1.40. The molecule has 0 N–H and O–H groups in total. The Kier molecular flexibility index (Phi) is 1.94. The molecule has 0 heterocycles. The number of halogens is 2. The molecular formula is C13H12F2O. The molecule has 0 aromatic heterocycles. The van der Waals surface area contributed by atoms with Gasteiger partial charge < -0.3 is 0 Å². The Morgan fingerprint density at radius 1 is 1.38 bits per heavy atom. The summed E-state index contributed by atoms with van der Waals surface area (Å²) >= 11 is 0. The van der Waals surface area contributed by atoms with E-state index in [4.69, 9.17) is 0 Å². The molecule has 3 heteroatoms. The largest absolute Gasteiger partial charge is 0.298 e. The molecule has 0 aliphatic heterocycles. The summed E-state index contributed by atoms with van der Waals surface area (Å²) in [4.78, 5) is 10.8. The predicted octanol–water partition coefficient (Wildman–Crippen LogP) is 3.28. The first-order valence-corrected chi connectivity index (χ1v) is 5.57. The summed E-state index contributed by atoms with van der Waals surface area (Å²) in [5.41, 5.74) is 0.575. The summed E-state index contributed by atoms with van der Waals surface area (Å²) in [6.45, 7) is 0. The molecule has 16 heavy (non-hydrogen) atoms. The zero-order valence-electron chi connectivity index (χ0n) is 8.75. The number of aldehydes is 1. The Morgan fingerprint density at radius 2 is 2.06 bits per heavy atom. The van der Waals surface area contributed by atoms with Crippen LogP contribution in [0, 0.1) is 0 Å². The van der Waals surface area contributed by atoms with Gasteiger partial charge in [-0.2, -0.15) is 0 Å². The second-order valence-corrected chi connectivity index (χ2v) is 4.79. The van der Waals surface area contributed by atoms with E-state index in [9.17, 15) is 13.6 Å². The lowest BCUT2D eigenvalue weighted by molar-refractivity contribution is 0.112. The van der Waals surface area contributed by atoms with Gasteiger partial charge in [-0.15, -0.1) is 0 Å². The molecule has 0 saturated heterocycles. The number of carbonyl (C=O) groups is 1. The molecule has 84 valence electrons. The Hall–Kier alpha value is -1.25. The van der Waals surface area contributed by atoms with Crippen LogP contribution < -0.4 is 0 Å². The van der Waals surface area contributed by atoms with Crippen molar-refractivity contribution < 1.29 is 13.6 Å². The lowest BCUT2D eigenvalue weighted by atomic mass is 9.98. The molecule has 2 aliphatic rings. The van der Waals surface area contributed by atoms with E-state index >= 15 is 0 Å². The molecule has 3 rings (SSSR count). The number of carbonyl (C=O) groups excluding carboxylic acids is 1. The minimum atomic E-state index is -1.21. The average Bonchev–Trinajstić information content (AvgIpc) is 3.18. The van der Waals surface area contributed by atoms with Gasteiger partial charge in [0.05, 0.1) is 0 Å². The minimum Gasteiger partial charge on any atom is -0.298 e. The van der Waals surface area contributed by atoms with Gasteiger partial charge in [-0.05, 0) is 30.4 Å². The summed E-state index contributed by atoms with van der Waals surface area (Å²) in [5, 5.41) is 0. The van der Waals surface area contributed by atoms with E-state index in [0.29, 0.717) is 36.0 Å². The Morgan fingerprint density at radius 3 is 2.56 bits per heavy atom. The van der Waals surface area contributed by atoms with Crippen LogP contribution in [-0.2, 0) is 5.67 Å². The Labute approximate surface area is 92.5 Å². The molecule has 2 saturated carbocycles. The monoisotopic (exact) mass is 222 g/mol. The molecule has 2 aliphatic carbocycles. The number of hydrogen-bond acceptors (Lipinski definition) is 1. The van der Waals surface area contributed by atoms with E-state index in [0.717, 1.165) is 6.29 Å². The highest BCUT2D eigenvalue weighted by atomic mass is 19.1. The van der Waals surface area contributed by atoms with E-state index in [1.165, 1.54) is 0 Å². The zero-order chi connectivity index (χ0) is 11.3. The van der Waals surface area contributed by atoms with Crippen LogP contribution in [0.2, 0.25) is 0 Å². The van der Waals surface area contributed by atoms with Crippen molar-refractivity contribution in [3.05, 3.63) is 34.9 Å². The molecule has 0 bridgehead atoms. The third-order valence-corrected chi connectivity index (χ3v) is 3.53. The quantitative estimate of drug-likeness (QED) is 0.717. The van der Waals surface area contributed by atoms with Crippen LogP contribution in [0.3, 0.4) is 0 Å². The van der Waals surface area contributed by atoms with Crippen molar-refractivity contribution >= 4 is 6.29 Å². The number of hydrogen-bond donors (Lipinski definition) is 0. The Balaban J connectivity index is 2.02. The molecule has 0 spiro atoms. The zero-order valence-corrected chi connectivity index (χ0v) is 8.75. The van der Waals surface area contributed by atoms with Gasteiger partial charge in [0.2, 0.25) is 0 Å². The second-order valence-electron chi connectivity index (χ2n) is 4.79. The molecule has 1 nitrogen and oxygen atoms in total. The van der Waals surface area contributed by atoms with Gasteiger partial charge in [0.15, 0.2) is 0 Å². The number of alkyl halides is 2. The summed E-state index contributed by atoms with van der Waals surface area (Å²) in [7, 11) is 0. The highest BCUT2D eigenvalue weighted by molar-refractivity contribution is 5.78. The van der Waals surface area contributed by atoms with Gasteiger partial charge in [-0.1, -0.05) is 18.2 Å². The maximum Gasteiger partial charge on any atom is 0.150 e. The van der Waals surface area contributed by atoms with Crippen molar-refractivity contribution in [2.24, 2.45) is 0 Å². The smallest absolute Gasteiger partial charge is 0.150 e. The van der Waals surface area contributed by atoms with E-state index in [-0.39, 0.29) is 5.92 Å². The molecular weight excluding hydrogens is 210 g/mol. The molecule has 1 unspecified atom stereocenters. The van der Waals surface area contributed by atoms with Gasteiger partial charge in [-0.25, -0.2) is 8.78 Å². The van der Waals surface area contributed by atoms with E-state index in [1.54, 1.807) is 18.2 Å². The Bertz CT molecular complexity index is 451. The maximum absolute atomic E-state index is 13.8. The van der Waals surface area contributed by atoms with Crippen molar-refractivity contribution in [2.75, 3.05) is 0 Å². The van der Waals surface area contributed by atoms with Crippen LogP contribution in [0.5, 0.6) is 0 Å². The second kappa shape index (κ2) is 3.12. The summed E-state index contributed by atoms with van der Waals surface area (Å²) in [5.74, 6) is -0.192. The lowest BCUT2D eigenvalue weighted by Gasteiger charge is -2.09. The van der Waals surface area contributed by atoms with E-state index in [2.05, 4.69) is 0 Å². The van der Waals surface area contributed by atoms with E-state index < -0.39 is 11.8 Å². The molecule has 0 amide bonds. The number of rotatable bonds is 3. The summed E-state index contributed by atoms with van der Waals surface area (Å²) in [6, 6.07) is 4.94. The van der Waals surface area contributed by atoms with Crippen LogP contribution >= 0.6 is 0 Å². The third-order valence-electron chi connectivity index (χ3n) is 3.53. The highest BCUT2D eigenvalue weighted by Gasteiger charge is 2.46. The topological polar surface area (TPSA) is 17.1 Å². The van der Waals surface area contributed by atoms with Gasteiger partial charge in [0.1, 0.15) is 18.1 Å².